The molecule has 3 fully saturated rings. The topological polar surface area (TPSA) is 249 Å². The summed E-state index contributed by atoms with van der Waals surface area (Å²) in [7, 11) is 0. The lowest BCUT2D eigenvalue weighted by molar-refractivity contribution is -0.144. The van der Waals surface area contributed by atoms with Gasteiger partial charge in [-0.25, -0.2) is 0 Å². The van der Waals surface area contributed by atoms with E-state index in [9.17, 15) is 50.3 Å². The molecule has 324 valence electrons. The Bertz CT molecular complexity index is 2240. The van der Waals surface area contributed by atoms with Crippen molar-refractivity contribution in [3.8, 4) is 24.0 Å². The lowest BCUT2D eigenvalue weighted by atomic mass is 9.85. The van der Waals surface area contributed by atoms with Gasteiger partial charge in [0.2, 0.25) is 5.91 Å². The smallest absolute Gasteiger partial charge is 0.307 e. The molecule has 15 heteroatoms. The number of hydrogen-bond donors (Lipinski definition) is 6. The number of amides is 1. The summed E-state index contributed by atoms with van der Waals surface area (Å²) in [5.41, 5.74) is 4.00. The molecule has 3 heterocycles. The van der Waals surface area contributed by atoms with E-state index >= 15 is 0 Å². The highest BCUT2D eigenvalue weighted by Crippen LogP contribution is 2.29. The summed E-state index contributed by atoms with van der Waals surface area (Å²) >= 11 is 0. The number of benzene rings is 3. The Hall–Kier alpha value is -6.31. The average Bonchev–Trinajstić information content (AvgIpc) is 4.09. The fraction of sp³-hybridized carbons (Fsp3) is 0.468. The van der Waals surface area contributed by atoms with Gasteiger partial charge in [0.25, 0.3) is 0 Å². The van der Waals surface area contributed by atoms with Gasteiger partial charge in [-0.05, 0) is 166 Å². The van der Waals surface area contributed by atoms with Gasteiger partial charge in [-0.1, -0.05) is 12.1 Å². The molecule has 3 aromatic rings. The monoisotopic (exact) mass is 843 g/mol. The summed E-state index contributed by atoms with van der Waals surface area (Å²) in [6.07, 6.45) is 2.67. The highest BCUT2D eigenvalue weighted by molar-refractivity contribution is 5.79. The van der Waals surface area contributed by atoms with Crippen molar-refractivity contribution >= 4 is 23.8 Å². The molecule has 6 atom stereocenters. The Labute approximate surface area is 361 Å². The van der Waals surface area contributed by atoms with E-state index < -0.39 is 35.7 Å². The van der Waals surface area contributed by atoms with Crippen LogP contribution in [-0.4, -0.2) is 96.5 Å². The van der Waals surface area contributed by atoms with E-state index in [1.54, 1.807) is 53.4 Å². The molecule has 6 unspecified atom stereocenters. The van der Waals surface area contributed by atoms with Gasteiger partial charge in [-0.2, -0.15) is 15.8 Å². The number of carbonyl (C=O) groups is 4. The zero-order valence-corrected chi connectivity index (χ0v) is 34.6. The van der Waals surface area contributed by atoms with E-state index in [1.165, 1.54) is 0 Å². The van der Waals surface area contributed by atoms with Crippen molar-refractivity contribution in [2.45, 2.75) is 51.5 Å². The van der Waals surface area contributed by atoms with E-state index in [0.717, 1.165) is 38.9 Å². The Morgan fingerprint density at radius 2 is 1.00 bits per heavy atom. The Morgan fingerprint density at radius 1 is 0.597 bits per heavy atom. The molecule has 0 saturated carbocycles. The lowest BCUT2D eigenvalue weighted by Gasteiger charge is -2.25. The molecule has 0 aromatic heterocycles. The van der Waals surface area contributed by atoms with Crippen molar-refractivity contribution in [2.24, 2.45) is 35.5 Å². The van der Waals surface area contributed by atoms with Gasteiger partial charge < -0.3 is 40.9 Å². The highest BCUT2D eigenvalue weighted by Gasteiger charge is 2.33. The lowest BCUT2D eigenvalue weighted by Crippen LogP contribution is -2.35. The average molecular weight is 844 g/mol. The molecule has 15 nitrogen and oxygen atoms in total. The second-order valence-corrected chi connectivity index (χ2v) is 16.8. The SMILES string of the molecule is N#Cc1cc(CC(=O)N(CCOc2cc(C#N)cc(CC(C(=O)O)C3CCNC3)c2)Cc2cc(C#N)cc(CC(C(=O)O)C3CCNC3)c2)cc(CC(C(=O)O)C2CCNC2)c1. The fourth-order valence-corrected chi connectivity index (χ4v) is 9.27. The van der Waals surface area contributed by atoms with E-state index in [-0.39, 0.29) is 69.0 Å². The number of ether oxygens (including phenoxy) is 1. The minimum atomic E-state index is -0.918. The van der Waals surface area contributed by atoms with Crippen molar-refractivity contribution in [2.75, 3.05) is 52.4 Å². The van der Waals surface area contributed by atoms with Crippen molar-refractivity contribution in [3.05, 3.63) is 99.1 Å². The van der Waals surface area contributed by atoms with Crippen molar-refractivity contribution < 1.29 is 39.2 Å². The molecular weight excluding hydrogens is 791 g/mol. The van der Waals surface area contributed by atoms with E-state index in [0.29, 0.717) is 69.9 Å². The normalized spacial score (nSPS) is 19.7. The quantitative estimate of drug-likeness (QED) is 0.0953. The number of hydrogen-bond acceptors (Lipinski definition) is 11. The number of carboxylic acid groups (broad SMARTS) is 3. The second-order valence-electron chi connectivity index (χ2n) is 16.8. The molecule has 6 rings (SSSR count). The van der Waals surface area contributed by atoms with Crippen LogP contribution >= 0.6 is 0 Å². The summed E-state index contributed by atoms with van der Waals surface area (Å²) in [4.78, 5) is 52.9. The van der Waals surface area contributed by atoms with E-state index in [2.05, 4.69) is 34.2 Å². The number of nitrogens with zero attached hydrogens (tertiary/aromatic N) is 4. The third-order valence-corrected chi connectivity index (χ3v) is 12.5. The highest BCUT2D eigenvalue weighted by atomic mass is 16.5. The van der Waals surface area contributed by atoms with Gasteiger partial charge in [0.05, 0.1) is 65.6 Å². The van der Waals surface area contributed by atoms with Gasteiger partial charge in [-0.3, -0.25) is 19.2 Å². The first kappa shape index (κ1) is 45.2. The molecule has 62 heavy (non-hydrogen) atoms. The van der Waals surface area contributed by atoms with Crippen LogP contribution in [0.3, 0.4) is 0 Å². The summed E-state index contributed by atoms with van der Waals surface area (Å²) in [6, 6.07) is 21.6. The summed E-state index contributed by atoms with van der Waals surface area (Å²) in [5.74, 6) is -4.91. The molecule has 3 aromatic carbocycles. The van der Waals surface area contributed by atoms with Crippen molar-refractivity contribution in [1.29, 1.82) is 15.8 Å². The maximum absolute atomic E-state index is 14.4. The Kier molecular flexibility index (Phi) is 15.7. The zero-order valence-electron chi connectivity index (χ0n) is 34.6. The molecule has 0 radical (unpaired) electrons. The largest absolute Gasteiger partial charge is 0.492 e. The zero-order chi connectivity index (χ0) is 44.2. The summed E-state index contributed by atoms with van der Waals surface area (Å²) in [5, 5.41) is 69.7. The molecule has 1 amide bonds. The fourth-order valence-electron chi connectivity index (χ4n) is 9.27. The van der Waals surface area contributed by atoms with Gasteiger partial charge in [0, 0.05) is 6.54 Å². The minimum absolute atomic E-state index is 0.0191. The number of aliphatic carboxylic acids is 3. The third-order valence-electron chi connectivity index (χ3n) is 12.5. The van der Waals surface area contributed by atoms with Crippen LogP contribution in [0.5, 0.6) is 5.75 Å². The van der Waals surface area contributed by atoms with E-state index in [4.69, 9.17) is 4.74 Å². The van der Waals surface area contributed by atoms with Crippen LogP contribution in [0.2, 0.25) is 0 Å². The first-order chi connectivity index (χ1) is 29.9. The molecule has 3 aliphatic heterocycles. The number of carboxylic acids is 3. The summed E-state index contributed by atoms with van der Waals surface area (Å²) < 4.78 is 6.17. The van der Waals surface area contributed by atoms with Crippen LogP contribution in [-0.2, 0) is 51.4 Å². The van der Waals surface area contributed by atoms with Gasteiger partial charge in [-0.15, -0.1) is 0 Å². The number of nitrogens with one attached hydrogen (secondary N) is 3. The predicted octanol–water partition coefficient (Wildman–Crippen LogP) is 3.51. The maximum atomic E-state index is 14.4. The Balaban J connectivity index is 1.25. The first-order valence-electron chi connectivity index (χ1n) is 21.2. The van der Waals surface area contributed by atoms with Crippen LogP contribution in [0.1, 0.15) is 63.8 Å². The van der Waals surface area contributed by atoms with Crippen LogP contribution in [0.25, 0.3) is 0 Å². The third kappa shape index (κ3) is 12.2. The predicted molar refractivity (Wildman–Crippen MR) is 226 cm³/mol. The molecular formula is C47H53N7O8. The van der Waals surface area contributed by atoms with Crippen LogP contribution in [0, 0.1) is 69.5 Å². The standard InChI is InChI=1S/C47H53N7O8/c48-22-33-10-29(18-41(45(56)57)37-1-4-51-25-37)9-31(12-33)21-44(55)54(28-36-14-30(11-34(15-36)23-49)19-42(46(58)59)38-2-5-52-26-38)7-8-62-40-16-32(13-35(17-40)24-50)20-43(47(60)61)39-3-6-53-27-39/h9-17,37-39,41-43,51-53H,1-8,18-21,25-28H2,(H,56,57)(H,58,59)(H,60,61). The molecule has 6 N–H and O–H groups in total. The van der Waals surface area contributed by atoms with Crippen molar-refractivity contribution in [3.63, 3.8) is 0 Å². The first-order valence-corrected chi connectivity index (χ1v) is 21.2. The molecule has 0 bridgehead atoms. The van der Waals surface area contributed by atoms with Crippen LogP contribution in [0.4, 0.5) is 0 Å². The number of rotatable bonds is 20. The number of carbonyl (C=O) groups excluding carboxylic acids is 1. The summed E-state index contributed by atoms with van der Waals surface area (Å²) in [6.45, 7) is 4.05. The number of nitriles is 3. The second kappa shape index (κ2) is 21.5. The minimum Gasteiger partial charge on any atom is -0.492 e. The Morgan fingerprint density at radius 3 is 1.42 bits per heavy atom. The molecule has 3 saturated heterocycles. The molecule has 3 aliphatic rings. The van der Waals surface area contributed by atoms with Crippen LogP contribution in [0.15, 0.2) is 54.6 Å². The van der Waals surface area contributed by atoms with Crippen LogP contribution < -0.4 is 20.7 Å². The van der Waals surface area contributed by atoms with Crippen molar-refractivity contribution in [1.82, 2.24) is 20.9 Å². The van der Waals surface area contributed by atoms with E-state index in [1.807, 2.05) is 6.07 Å². The van der Waals surface area contributed by atoms with Gasteiger partial charge >= 0.3 is 17.9 Å². The maximum Gasteiger partial charge on any atom is 0.307 e. The molecule has 0 aliphatic carbocycles. The van der Waals surface area contributed by atoms with Gasteiger partial charge in [0.1, 0.15) is 12.4 Å². The van der Waals surface area contributed by atoms with Gasteiger partial charge in [0.15, 0.2) is 0 Å². The molecule has 0 spiro atoms.